The number of nitrogens with zero attached hydrogens (tertiary/aromatic N) is 1. The molecule has 4 unspecified atom stereocenters. The van der Waals surface area contributed by atoms with Crippen molar-refractivity contribution in [3.63, 3.8) is 0 Å². The first-order valence-electron chi connectivity index (χ1n) is 6.66. The highest BCUT2D eigenvalue weighted by atomic mass is 15.2. The molecule has 2 fully saturated rings. The van der Waals surface area contributed by atoms with E-state index in [4.69, 9.17) is 5.73 Å². The second kappa shape index (κ2) is 4.84. The molecular weight excluding hydrogens is 184 g/mol. The molecule has 1 heterocycles. The van der Waals surface area contributed by atoms with Gasteiger partial charge in [0.05, 0.1) is 0 Å². The van der Waals surface area contributed by atoms with Crippen molar-refractivity contribution in [3.05, 3.63) is 0 Å². The Kier molecular flexibility index (Phi) is 3.68. The highest BCUT2D eigenvalue weighted by molar-refractivity contribution is 4.88. The summed E-state index contributed by atoms with van der Waals surface area (Å²) >= 11 is 0. The first kappa shape index (κ1) is 11.4. The summed E-state index contributed by atoms with van der Waals surface area (Å²) in [6.07, 6.45) is 5.65. The fourth-order valence-electron chi connectivity index (χ4n) is 3.45. The molecule has 0 amide bonds. The van der Waals surface area contributed by atoms with E-state index < -0.39 is 0 Å². The van der Waals surface area contributed by atoms with E-state index in [1.165, 1.54) is 38.8 Å². The fourth-order valence-corrected chi connectivity index (χ4v) is 3.45. The van der Waals surface area contributed by atoms with Crippen LogP contribution in [0.1, 0.15) is 39.5 Å². The molecule has 2 aliphatic rings. The van der Waals surface area contributed by atoms with Crippen LogP contribution in [0.3, 0.4) is 0 Å². The van der Waals surface area contributed by atoms with E-state index in [9.17, 15) is 0 Å². The van der Waals surface area contributed by atoms with Crippen molar-refractivity contribution >= 4 is 0 Å². The van der Waals surface area contributed by atoms with Gasteiger partial charge in [-0.05, 0) is 50.1 Å². The zero-order valence-corrected chi connectivity index (χ0v) is 10.3. The third-order valence-electron chi connectivity index (χ3n) is 4.73. The molecule has 0 spiro atoms. The van der Waals surface area contributed by atoms with Crippen LogP contribution in [0.5, 0.6) is 0 Å². The Balaban J connectivity index is 1.93. The molecule has 2 rings (SSSR count). The van der Waals surface area contributed by atoms with Crippen LogP contribution >= 0.6 is 0 Å². The van der Waals surface area contributed by atoms with Gasteiger partial charge in [0.1, 0.15) is 0 Å². The van der Waals surface area contributed by atoms with Crippen molar-refractivity contribution < 1.29 is 0 Å². The summed E-state index contributed by atoms with van der Waals surface area (Å²) < 4.78 is 0. The van der Waals surface area contributed by atoms with Crippen LogP contribution in [0.4, 0.5) is 0 Å². The van der Waals surface area contributed by atoms with Crippen molar-refractivity contribution in [2.45, 2.75) is 45.6 Å². The Morgan fingerprint density at radius 2 is 1.93 bits per heavy atom. The smallest absolute Gasteiger partial charge is 0.0121 e. The number of hydrogen-bond acceptors (Lipinski definition) is 2. The van der Waals surface area contributed by atoms with E-state index in [0.29, 0.717) is 0 Å². The quantitative estimate of drug-likeness (QED) is 0.756. The van der Waals surface area contributed by atoms with Crippen LogP contribution in [0.2, 0.25) is 0 Å². The normalized spacial score (nSPS) is 43.4. The van der Waals surface area contributed by atoms with Crippen molar-refractivity contribution in [2.24, 2.45) is 23.5 Å². The Morgan fingerprint density at radius 1 is 1.13 bits per heavy atom. The van der Waals surface area contributed by atoms with Gasteiger partial charge in [-0.2, -0.15) is 0 Å². The molecule has 0 aromatic carbocycles. The largest absolute Gasteiger partial charge is 0.330 e. The van der Waals surface area contributed by atoms with Gasteiger partial charge < -0.3 is 5.73 Å². The predicted octanol–water partition coefficient (Wildman–Crippen LogP) is 2.09. The van der Waals surface area contributed by atoms with Gasteiger partial charge in [0.15, 0.2) is 0 Å². The van der Waals surface area contributed by atoms with Crippen LogP contribution < -0.4 is 5.73 Å². The number of nitrogens with two attached hydrogens (primary N) is 1. The molecule has 4 atom stereocenters. The number of hydrogen-bond donors (Lipinski definition) is 1. The van der Waals surface area contributed by atoms with Crippen LogP contribution in [-0.2, 0) is 0 Å². The molecule has 2 nitrogen and oxygen atoms in total. The van der Waals surface area contributed by atoms with Crippen molar-refractivity contribution in [1.29, 1.82) is 0 Å². The maximum Gasteiger partial charge on any atom is 0.0121 e. The average molecular weight is 210 g/mol. The summed E-state index contributed by atoms with van der Waals surface area (Å²) in [7, 11) is 0. The van der Waals surface area contributed by atoms with E-state index in [1.807, 2.05) is 0 Å². The molecular formula is C13H26N2. The highest BCUT2D eigenvalue weighted by Gasteiger charge is 2.33. The SMILES string of the molecule is CC1CCN(C2CCCC2C)CC1CN. The molecule has 0 bridgehead atoms. The van der Waals surface area contributed by atoms with Crippen LogP contribution in [-0.4, -0.2) is 30.6 Å². The van der Waals surface area contributed by atoms with Gasteiger partial charge in [0.2, 0.25) is 0 Å². The molecule has 2 heteroatoms. The van der Waals surface area contributed by atoms with E-state index >= 15 is 0 Å². The van der Waals surface area contributed by atoms with Gasteiger partial charge in [-0.3, -0.25) is 4.90 Å². The summed E-state index contributed by atoms with van der Waals surface area (Å²) in [5.74, 6) is 2.49. The first-order valence-corrected chi connectivity index (χ1v) is 6.66. The number of rotatable bonds is 2. The Labute approximate surface area is 94.2 Å². The molecule has 2 N–H and O–H groups in total. The molecule has 1 aliphatic carbocycles. The van der Waals surface area contributed by atoms with Gasteiger partial charge in [0, 0.05) is 12.6 Å². The third kappa shape index (κ3) is 2.36. The summed E-state index contributed by atoms with van der Waals surface area (Å²) in [6.45, 7) is 8.23. The first-order chi connectivity index (χ1) is 7.22. The number of likely N-dealkylation sites (tertiary alicyclic amines) is 1. The molecule has 1 aliphatic heterocycles. The van der Waals surface area contributed by atoms with Crippen LogP contribution in [0.25, 0.3) is 0 Å². The molecule has 1 saturated heterocycles. The lowest BCUT2D eigenvalue weighted by atomic mass is 9.85. The number of piperidine rings is 1. The lowest BCUT2D eigenvalue weighted by molar-refractivity contribution is 0.0767. The molecule has 0 aromatic rings. The summed E-state index contributed by atoms with van der Waals surface area (Å²) in [5.41, 5.74) is 5.86. The second-order valence-corrected chi connectivity index (χ2v) is 5.73. The van der Waals surface area contributed by atoms with Gasteiger partial charge in [-0.15, -0.1) is 0 Å². The molecule has 88 valence electrons. The van der Waals surface area contributed by atoms with Gasteiger partial charge in [-0.1, -0.05) is 20.3 Å². The van der Waals surface area contributed by atoms with E-state index in [-0.39, 0.29) is 0 Å². The molecule has 1 saturated carbocycles. The van der Waals surface area contributed by atoms with Gasteiger partial charge >= 0.3 is 0 Å². The molecule has 0 radical (unpaired) electrons. The predicted molar refractivity (Wildman–Crippen MR) is 64.7 cm³/mol. The summed E-state index contributed by atoms with van der Waals surface area (Å²) in [6, 6.07) is 0.867. The zero-order chi connectivity index (χ0) is 10.8. The van der Waals surface area contributed by atoms with Crippen molar-refractivity contribution in [1.82, 2.24) is 4.90 Å². The minimum absolute atomic E-state index is 0.742. The molecule has 15 heavy (non-hydrogen) atoms. The van der Waals surface area contributed by atoms with E-state index in [1.54, 1.807) is 0 Å². The maximum atomic E-state index is 5.86. The Bertz CT molecular complexity index is 205. The van der Waals surface area contributed by atoms with Crippen molar-refractivity contribution in [2.75, 3.05) is 19.6 Å². The minimum atomic E-state index is 0.742. The van der Waals surface area contributed by atoms with Crippen LogP contribution in [0.15, 0.2) is 0 Å². The van der Waals surface area contributed by atoms with E-state index in [0.717, 1.165) is 30.3 Å². The maximum absolute atomic E-state index is 5.86. The lowest BCUT2D eigenvalue weighted by Crippen LogP contribution is -2.48. The topological polar surface area (TPSA) is 29.3 Å². The molecule has 0 aromatic heterocycles. The lowest BCUT2D eigenvalue weighted by Gasteiger charge is -2.41. The van der Waals surface area contributed by atoms with Crippen molar-refractivity contribution in [3.8, 4) is 0 Å². The monoisotopic (exact) mass is 210 g/mol. The zero-order valence-electron chi connectivity index (χ0n) is 10.3. The fraction of sp³-hybridized carbons (Fsp3) is 1.00. The third-order valence-corrected chi connectivity index (χ3v) is 4.73. The standard InChI is InChI=1S/C13H26N2/c1-10-6-7-15(9-12(10)8-14)13-5-3-4-11(13)2/h10-13H,3-9,14H2,1-2H3. The summed E-state index contributed by atoms with van der Waals surface area (Å²) in [5, 5.41) is 0. The van der Waals surface area contributed by atoms with Gasteiger partial charge in [0.25, 0.3) is 0 Å². The van der Waals surface area contributed by atoms with E-state index in [2.05, 4.69) is 18.7 Å². The Hall–Kier alpha value is -0.0800. The Morgan fingerprint density at radius 3 is 2.53 bits per heavy atom. The average Bonchev–Trinajstić information content (AvgIpc) is 2.65. The second-order valence-electron chi connectivity index (χ2n) is 5.73. The van der Waals surface area contributed by atoms with Crippen LogP contribution in [0, 0.1) is 17.8 Å². The summed E-state index contributed by atoms with van der Waals surface area (Å²) in [4.78, 5) is 2.73. The highest BCUT2D eigenvalue weighted by Crippen LogP contribution is 2.33. The minimum Gasteiger partial charge on any atom is -0.330 e. The van der Waals surface area contributed by atoms with Gasteiger partial charge in [-0.25, -0.2) is 0 Å².